The number of hydrogen-bond donors (Lipinski definition) is 0. The summed E-state index contributed by atoms with van der Waals surface area (Å²) in [5.41, 5.74) is 2.62. The van der Waals surface area contributed by atoms with E-state index >= 15 is 0 Å². The first-order chi connectivity index (χ1) is 14.2. The smallest absolute Gasteiger partial charge is 0.330 e. The number of nitrogens with zero attached hydrogens (tertiary/aromatic N) is 2. The van der Waals surface area contributed by atoms with Crippen LogP contribution < -0.4 is 0 Å². The van der Waals surface area contributed by atoms with E-state index in [4.69, 9.17) is 14.5 Å². The molecule has 0 unspecified atom stereocenters. The van der Waals surface area contributed by atoms with E-state index in [1.54, 1.807) is 24.6 Å². The van der Waals surface area contributed by atoms with Crippen molar-refractivity contribution in [3.63, 3.8) is 0 Å². The van der Waals surface area contributed by atoms with E-state index in [2.05, 4.69) is 16.8 Å². The third kappa shape index (κ3) is 9.55. The topological polar surface area (TPSA) is 69.5 Å². The first kappa shape index (κ1) is 22.1. The molecule has 0 aliphatic carbocycles. The van der Waals surface area contributed by atoms with Crippen LogP contribution in [0.15, 0.2) is 71.4 Å². The van der Waals surface area contributed by atoms with Crippen LogP contribution in [0.25, 0.3) is 0 Å². The summed E-state index contributed by atoms with van der Waals surface area (Å²) < 4.78 is 17.7. The van der Waals surface area contributed by atoms with Crippen molar-refractivity contribution in [1.29, 1.82) is 0 Å². The molecule has 0 bridgehead atoms. The largest absolute Gasteiger partial charge is 0.463 e. The summed E-state index contributed by atoms with van der Waals surface area (Å²) in [5, 5.41) is 7.91. The molecule has 0 aliphatic rings. The van der Waals surface area contributed by atoms with Crippen LogP contribution in [-0.4, -0.2) is 31.6 Å². The highest BCUT2D eigenvalue weighted by Crippen LogP contribution is 2.05. The third-order valence-electron chi connectivity index (χ3n) is 3.67. The van der Waals surface area contributed by atoms with Gasteiger partial charge in [-0.2, -0.15) is 10.2 Å². The fourth-order valence-electron chi connectivity index (χ4n) is 2.11. The number of carbonyl (C=O) groups is 1. The van der Waals surface area contributed by atoms with Gasteiger partial charge in [-0.25, -0.2) is 19.0 Å². The lowest BCUT2D eigenvalue weighted by molar-refractivity contribution is -0.304. The van der Waals surface area contributed by atoms with Crippen LogP contribution in [0, 0.1) is 5.82 Å². The standard InChI is InChI=1S/C22H23FN2O4/c1-2-22(26)27-13-3-4-14-28-29-17-20-7-5-18(6-8-20)15-24-25-16-19-9-11-21(23)12-10-19/h2,5-12,15-16H,1,3-4,13-14,17H2/b24-15+,25-16+. The first-order valence-electron chi connectivity index (χ1n) is 9.12. The number of benzene rings is 2. The molecule has 0 radical (unpaired) electrons. The van der Waals surface area contributed by atoms with E-state index in [1.165, 1.54) is 12.1 Å². The van der Waals surface area contributed by atoms with E-state index < -0.39 is 5.97 Å². The van der Waals surface area contributed by atoms with Crippen molar-refractivity contribution < 1.29 is 23.7 Å². The maximum absolute atomic E-state index is 12.8. The molecule has 2 rings (SSSR count). The molecule has 7 heteroatoms. The summed E-state index contributed by atoms with van der Waals surface area (Å²) in [6.07, 6.45) is 5.73. The molecule has 0 amide bonds. The second-order valence-electron chi connectivity index (χ2n) is 5.95. The summed E-state index contributed by atoms with van der Waals surface area (Å²) in [5.74, 6) is -0.706. The van der Waals surface area contributed by atoms with Crippen molar-refractivity contribution in [2.45, 2.75) is 19.4 Å². The van der Waals surface area contributed by atoms with Gasteiger partial charge < -0.3 is 4.74 Å². The number of halogens is 1. The van der Waals surface area contributed by atoms with E-state index in [9.17, 15) is 9.18 Å². The Morgan fingerprint density at radius 3 is 2.10 bits per heavy atom. The van der Waals surface area contributed by atoms with Gasteiger partial charge in [0.2, 0.25) is 0 Å². The Morgan fingerprint density at radius 2 is 1.48 bits per heavy atom. The fraction of sp³-hybridized carbons (Fsp3) is 0.227. The Kier molecular flexibility index (Phi) is 9.99. The van der Waals surface area contributed by atoms with Crippen molar-refractivity contribution in [1.82, 2.24) is 0 Å². The van der Waals surface area contributed by atoms with E-state index in [-0.39, 0.29) is 5.82 Å². The van der Waals surface area contributed by atoms with Crippen LogP contribution in [0.3, 0.4) is 0 Å². The number of carbonyl (C=O) groups excluding carboxylic acids is 1. The van der Waals surface area contributed by atoms with Gasteiger partial charge in [0.05, 0.1) is 25.6 Å². The predicted octanol–water partition coefficient (Wildman–Crippen LogP) is 4.24. The van der Waals surface area contributed by atoms with Crippen LogP contribution >= 0.6 is 0 Å². The Morgan fingerprint density at radius 1 is 0.897 bits per heavy atom. The fourth-order valence-corrected chi connectivity index (χ4v) is 2.11. The second kappa shape index (κ2) is 13.1. The summed E-state index contributed by atoms with van der Waals surface area (Å²) in [6.45, 7) is 4.41. The third-order valence-corrected chi connectivity index (χ3v) is 3.67. The van der Waals surface area contributed by atoms with Crippen molar-refractivity contribution in [2.75, 3.05) is 13.2 Å². The lowest BCUT2D eigenvalue weighted by Gasteiger charge is -2.05. The molecule has 152 valence electrons. The number of esters is 1. The lowest BCUT2D eigenvalue weighted by atomic mass is 10.1. The zero-order valence-corrected chi connectivity index (χ0v) is 16.0. The van der Waals surface area contributed by atoms with Crippen molar-refractivity contribution >= 4 is 18.4 Å². The number of rotatable bonds is 12. The Bertz CT molecular complexity index is 818. The van der Waals surface area contributed by atoms with Gasteiger partial charge in [-0.3, -0.25) is 0 Å². The van der Waals surface area contributed by atoms with Crippen LogP contribution in [0.2, 0.25) is 0 Å². The SMILES string of the molecule is C=CC(=O)OCCCCOOCc1ccc(/C=N/N=C/c2ccc(F)cc2)cc1. The minimum atomic E-state index is -0.421. The van der Waals surface area contributed by atoms with Crippen LogP contribution in [0.5, 0.6) is 0 Å². The van der Waals surface area contributed by atoms with Gasteiger partial charge in [0.1, 0.15) is 12.4 Å². The Labute approximate surface area is 169 Å². The average molecular weight is 398 g/mol. The summed E-state index contributed by atoms with van der Waals surface area (Å²) in [6, 6.07) is 13.6. The van der Waals surface area contributed by atoms with Gasteiger partial charge in [0, 0.05) is 6.08 Å². The van der Waals surface area contributed by atoms with Crippen molar-refractivity contribution in [3.8, 4) is 0 Å². The van der Waals surface area contributed by atoms with Gasteiger partial charge in [-0.1, -0.05) is 43.0 Å². The summed E-state index contributed by atoms with van der Waals surface area (Å²) in [4.78, 5) is 21.1. The molecule has 0 fully saturated rings. The molecule has 0 N–H and O–H groups in total. The van der Waals surface area contributed by atoms with Crippen molar-refractivity contribution in [2.24, 2.45) is 10.2 Å². The molecular weight excluding hydrogens is 375 g/mol. The van der Waals surface area contributed by atoms with Crippen LogP contribution in [-0.2, 0) is 25.9 Å². The second-order valence-corrected chi connectivity index (χ2v) is 5.95. The first-order valence-corrected chi connectivity index (χ1v) is 9.12. The Hall–Kier alpha value is -3.16. The molecule has 29 heavy (non-hydrogen) atoms. The summed E-state index contributed by atoms with van der Waals surface area (Å²) in [7, 11) is 0. The zero-order valence-electron chi connectivity index (χ0n) is 16.0. The van der Waals surface area contributed by atoms with E-state index in [0.29, 0.717) is 26.2 Å². The molecule has 0 aromatic heterocycles. The van der Waals surface area contributed by atoms with Crippen LogP contribution in [0.1, 0.15) is 29.5 Å². The molecule has 0 spiro atoms. The maximum atomic E-state index is 12.8. The van der Waals surface area contributed by atoms with Gasteiger partial charge in [0.15, 0.2) is 0 Å². The molecule has 0 saturated carbocycles. The van der Waals surface area contributed by atoms with E-state index in [0.717, 1.165) is 29.2 Å². The molecule has 0 aliphatic heterocycles. The average Bonchev–Trinajstić information content (AvgIpc) is 2.75. The summed E-state index contributed by atoms with van der Waals surface area (Å²) >= 11 is 0. The quantitative estimate of drug-likeness (QED) is 0.134. The molecule has 2 aromatic carbocycles. The molecule has 0 heterocycles. The van der Waals surface area contributed by atoms with Gasteiger partial charge >= 0.3 is 5.97 Å². The molecule has 0 saturated heterocycles. The number of hydrogen-bond acceptors (Lipinski definition) is 6. The molecule has 2 aromatic rings. The monoisotopic (exact) mass is 398 g/mol. The molecule has 6 nitrogen and oxygen atoms in total. The zero-order chi connectivity index (χ0) is 20.7. The minimum Gasteiger partial charge on any atom is -0.463 e. The maximum Gasteiger partial charge on any atom is 0.330 e. The highest BCUT2D eigenvalue weighted by Gasteiger charge is 1.97. The number of unbranched alkanes of at least 4 members (excludes halogenated alkanes) is 1. The Balaban J connectivity index is 1.61. The van der Waals surface area contributed by atoms with Gasteiger partial charge in [0.25, 0.3) is 0 Å². The van der Waals surface area contributed by atoms with E-state index in [1.807, 2.05) is 24.3 Å². The predicted molar refractivity (Wildman–Crippen MR) is 109 cm³/mol. The minimum absolute atomic E-state index is 0.285. The van der Waals surface area contributed by atoms with Gasteiger partial charge in [-0.05, 0) is 41.7 Å². The van der Waals surface area contributed by atoms with Gasteiger partial charge in [-0.15, -0.1) is 0 Å². The highest BCUT2D eigenvalue weighted by molar-refractivity contribution is 5.82. The lowest BCUT2D eigenvalue weighted by Crippen LogP contribution is -2.04. The normalized spacial score (nSPS) is 11.2. The highest BCUT2D eigenvalue weighted by atomic mass is 19.1. The van der Waals surface area contributed by atoms with Crippen LogP contribution in [0.4, 0.5) is 4.39 Å². The molecular formula is C22H23FN2O4. The van der Waals surface area contributed by atoms with Crippen molar-refractivity contribution in [3.05, 3.63) is 83.7 Å². The molecule has 0 atom stereocenters. The number of ether oxygens (including phenoxy) is 1.